The first-order valence-corrected chi connectivity index (χ1v) is 8.57. The van der Waals surface area contributed by atoms with Crippen molar-refractivity contribution in [3.8, 4) is 5.75 Å². The van der Waals surface area contributed by atoms with Crippen molar-refractivity contribution in [1.29, 1.82) is 0 Å². The Hall–Kier alpha value is -1.43. The summed E-state index contributed by atoms with van der Waals surface area (Å²) in [5.74, 6) is 0.525. The van der Waals surface area contributed by atoms with Gasteiger partial charge in [-0.3, -0.25) is 0 Å². The lowest BCUT2D eigenvalue weighted by molar-refractivity contribution is -0.671. The van der Waals surface area contributed by atoms with Crippen molar-refractivity contribution in [2.24, 2.45) is 0 Å². The molecule has 0 aliphatic carbocycles. The highest BCUT2D eigenvalue weighted by atomic mass is 79.9. The third-order valence-electron chi connectivity index (χ3n) is 3.54. The fraction of sp³-hybridized carbons (Fsp3) is 0.333. The second-order valence-electron chi connectivity index (χ2n) is 5.34. The van der Waals surface area contributed by atoms with Gasteiger partial charge >= 0.3 is 0 Å². The van der Waals surface area contributed by atoms with Crippen LogP contribution in [-0.4, -0.2) is 18.3 Å². The van der Waals surface area contributed by atoms with Crippen LogP contribution in [0.15, 0.2) is 46.9 Å². The standard InChI is InChI=1S/C18H21BrFNO2/c19-16-7-8-18(15(11-16)12-21-9-3-4-10-22)23-13-14-5-1-2-6-17(14)20/h1-2,5-8,11,21-22H,3-4,9-10,12-13H2/p+1. The van der Waals surface area contributed by atoms with Crippen LogP contribution >= 0.6 is 15.9 Å². The van der Waals surface area contributed by atoms with Gasteiger partial charge in [-0.05, 0) is 37.1 Å². The fourth-order valence-corrected chi connectivity index (χ4v) is 2.69. The van der Waals surface area contributed by atoms with E-state index in [9.17, 15) is 4.39 Å². The van der Waals surface area contributed by atoms with Crippen molar-refractivity contribution in [3.63, 3.8) is 0 Å². The van der Waals surface area contributed by atoms with Gasteiger partial charge in [0.25, 0.3) is 0 Å². The van der Waals surface area contributed by atoms with E-state index in [-0.39, 0.29) is 19.0 Å². The lowest BCUT2D eigenvalue weighted by atomic mass is 10.2. The Bertz CT molecular complexity index is 622. The van der Waals surface area contributed by atoms with E-state index >= 15 is 0 Å². The number of aliphatic hydroxyl groups excluding tert-OH is 1. The average Bonchev–Trinajstić information content (AvgIpc) is 2.55. The van der Waals surface area contributed by atoms with Crippen molar-refractivity contribution >= 4 is 15.9 Å². The molecular formula is C18H22BrFNO2+. The zero-order chi connectivity index (χ0) is 16.5. The minimum atomic E-state index is -0.248. The van der Waals surface area contributed by atoms with Gasteiger partial charge in [0.2, 0.25) is 0 Å². The normalized spacial score (nSPS) is 10.7. The second-order valence-corrected chi connectivity index (χ2v) is 6.26. The Balaban J connectivity index is 1.96. The lowest BCUT2D eigenvalue weighted by Crippen LogP contribution is -2.82. The van der Waals surface area contributed by atoms with Gasteiger partial charge in [0.1, 0.15) is 24.7 Å². The summed E-state index contributed by atoms with van der Waals surface area (Å²) in [7, 11) is 0. The molecule has 5 heteroatoms. The zero-order valence-corrected chi connectivity index (χ0v) is 14.6. The number of hydrogen-bond acceptors (Lipinski definition) is 2. The minimum Gasteiger partial charge on any atom is -0.488 e. The summed E-state index contributed by atoms with van der Waals surface area (Å²) in [6.45, 7) is 2.20. The van der Waals surface area contributed by atoms with Gasteiger partial charge in [-0.15, -0.1) is 0 Å². The molecule has 2 rings (SSSR count). The fourth-order valence-electron chi connectivity index (χ4n) is 2.28. The zero-order valence-electron chi connectivity index (χ0n) is 13.0. The van der Waals surface area contributed by atoms with Crippen LogP contribution in [0.25, 0.3) is 0 Å². The molecule has 0 aliphatic heterocycles. The molecule has 0 amide bonds. The van der Waals surface area contributed by atoms with Gasteiger partial charge in [0.15, 0.2) is 0 Å². The number of benzene rings is 2. The predicted molar refractivity (Wildman–Crippen MR) is 91.7 cm³/mol. The number of halogens is 2. The number of rotatable bonds is 9. The van der Waals surface area contributed by atoms with Gasteiger partial charge in [0, 0.05) is 22.2 Å². The molecule has 0 saturated heterocycles. The number of nitrogens with two attached hydrogens (primary N) is 1. The maximum absolute atomic E-state index is 13.7. The number of quaternary nitrogens is 1. The van der Waals surface area contributed by atoms with Crippen LogP contribution in [-0.2, 0) is 13.2 Å². The molecule has 23 heavy (non-hydrogen) atoms. The molecule has 3 N–H and O–H groups in total. The van der Waals surface area contributed by atoms with E-state index in [0.717, 1.165) is 41.7 Å². The molecule has 0 heterocycles. The summed E-state index contributed by atoms with van der Waals surface area (Å²) >= 11 is 3.48. The second kappa shape index (κ2) is 9.65. The van der Waals surface area contributed by atoms with Crippen molar-refractivity contribution in [1.82, 2.24) is 0 Å². The molecule has 2 aromatic rings. The molecule has 0 atom stereocenters. The third-order valence-corrected chi connectivity index (χ3v) is 4.04. The van der Waals surface area contributed by atoms with Crippen LogP contribution in [0.3, 0.4) is 0 Å². The number of aliphatic hydroxyl groups is 1. The van der Waals surface area contributed by atoms with Gasteiger partial charge in [-0.25, -0.2) is 4.39 Å². The summed E-state index contributed by atoms with van der Waals surface area (Å²) in [6, 6.07) is 12.5. The molecule has 0 saturated carbocycles. The van der Waals surface area contributed by atoms with E-state index in [1.165, 1.54) is 6.07 Å². The largest absolute Gasteiger partial charge is 0.488 e. The Morgan fingerprint density at radius 2 is 1.91 bits per heavy atom. The topological polar surface area (TPSA) is 46.1 Å². The molecule has 0 spiro atoms. The molecular weight excluding hydrogens is 361 g/mol. The quantitative estimate of drug-likeness (QED) is 0.654. The van der Waals surface area contributed by atoms with Crippen LogP contribution in [0.5, 0.6) is 5.75 Å². The van der Waals surface area contributed by atoms with Crippen LogP contribution in [0, 0.1) is 5.82 Å². The first-order valence-electron chi connectivity index (χ1n) is 7.78. The van der Waals surface area contributed by atoms with Crippen molar-refractivity contribution < 1.29 is 19.6 Å². The maximum atomic E-state index is 13.7. The van der Waals surface area contributed by atoms with Crippen LogP contribution < -0.4 is 10.1 Å². The molecule has 2 aromatic carbocycles. The van der Waals surface area contributed by atoms with E-state index in [1.807, 2.05) is 18.2 Å². The van der Waals surface area contributed by atoms with E-state index in [1.54, 1.807) is 18.2 Å². The van der Waals surface area contributed by atoms with E-state index < -0.39 is 0 Å². The summed E-state index contributed by atoms with van der Waals surface area (Å²) in [5, 5.41) is 11.0. The van der Waals surface area contributed by atoms with E-state index in [0.29, 0.717) is 5.56 Å². The molecule has 0 bridgehead atoms. The van der Waals surface area contributed by atoms with Crippen molar-refractivity contribution in [2.45, 2.75) is 26.0 Å². The Morgan fingerprint density at radius 3 is 2.70 bits per heavy atom. The third kappa shape index (κ3) is 5.94. The SMILES string of the molecule is OCCCC[NH2+]Cc1cc(Br)ccc1OCc1ccccc1F. The first-order chi connectivity index (χ1) is 11.2. The maximum Gasteiger partial charge on any atom is 0.129 e. The smallest absolute Gasteiger partial charge is 0.129 e. The minimum absolute atomic E-state index is 0.214. The van der Waals surface area contributed by atoms with E-state index in [2.05, 4.69) is 21.2 Å². The van der Waals surface area contributed by atoms with Gasteiger partial charge < -0.3 is 15.2 Å². The molecule has 0 aliphatic rings. The summed E-state index contributed by atoms with van der Waals surface area (Å²) in [6.07, 6.45) is 1.81. The van der Waals surface area contributed by atoms with Gasteiger partial charge in [-0.2, -0.15) is 0 Å². The van der Waals surface area contributed by atoms with Gasteiger partial charge in [-0.1, -0.05) is 34.1 Å². The first kappa shape index (κ1) is 17.9. The highest BCUT2D eigenvalue weighted by Gasteiger charge is 2.08. The highest BCUT2D eigenvalue weighted by molar-refractivity contribution is 9.10. The van der Waals surface area contributed by atoms with Crippen molar-refractivity contribution in [2.75, 3.05) is 13.2 Å². The highest BCUT2D eigenvalue weighted by Crippen LogP contribution is 2.23. The molecule has 0 fully saturated rings. The van der Waals surface area contributed by atoms with Crippen LogP contribution in [0.4, 0.5) is 4.39 Å². The average molecular weight is 383 g/mol. The molecule has 0 aromatic heterocycles. The molecule has 124 valence electrons. The molecule has 0 radical (unpaired) electrons. The van der Waals surface area contributed by atoms with Gasteiger partial charge in [0.05, 0.1) is 6.54 Å². The van der Waals surface area contributed by atoms with Crippen molar-refractivity contribution in [3.05, 3.63) is 63.9 Å². The summed E-state index contributed by atoms with van der Waals surface area (Å²) in [5.41, 5.74) is 1.62. The van der Waals surface area contributed by atoms with Crippen LogP contribution in [0.1, 0.15) is 24.0 Å². The Kier molecular flexibility index (Phi) is 7.52. The van der Waals surface area contributed by atoms with E-state index in [4.69, 9.17) is 9.84 Å². The molecule has 0 unspecified atom stereocenters. The molecule has 3 nitrogen and oxygen atoms in total. The Labute approximate surface area is 144 Å². The van der Waals surface area contributed by atoms with Crippen LogP contribution in [0.2, 0.25) is 0 Å². The lowest BCUT2D eigenvalue weighted by Gasteiger charge is -2.12. The predicted octanol–water partition coefficient (Wildman–Crippen LogP) is 3.00. The number of ether oxygens (including phenoxy) is 1. The summed E-state index contributed by atoms with van der Waals surface area (Å²) < 4.78 is 20.5. The summed E-state index contributed by atoms with van der Waals surface area (Å²) in [4.78, 5) is 0. The number of unbranched alkanes of at least 4 members (excludes halogenated alkanes) is 1. The monoisotopic (exact) mass is 382 g/mol. The number of hydrogen-bond donors (Lipinski definition) is 2. The Morgan fingerprint density at radius 1 is 1.09 bits per heavy atom.